The zero-order chi connectivity index (χ0) is 18.2. The Hall–Kier alpha value is -2.38. The fourth-order valence-electron chi connectivity index (χ4n) is 2.84. The Balaban J connectivity index is 1.62. The van der Waals surface area contributed by atoms with Gasteiger partial charge in [0.1, 0.15) is 23.1 Å². The number of anilines is 1. The van der Waals surface area contributed by atoms with Gasteiger partial charge in [0.05, 0.1) is 11.7 Å². The lowest BCUT2D eigenvalue weighted by molar-refractivity contribution is -0.140. The number of halogens is 3. The van der Waals surface area contributed by atoms with Gasteiger partial charge in [0.15, 0.2) is 0 Å². The predicted molar refractivity (Wildman–Crippen MR) is 86.3 cm³/mol. The van der Waals surface area contributed by atoms with Crippen molar-refractivity contribution < 1.29 is 23.1 Å². The second-order valence-electron chi connectivity index (χ2n) is 6.23. The van der Waals surface area contributed by atoms with Crippen LogP contribution in [-0.2, 0) is 10.4 Å². The molecule has 1 atom stereocenters. The first-order valence-electron chi connectivity index (χ1n) is 7.77. The summed E-state index contributed by atoms with van der Waals surface area (Å²) >= 11 is 0. The van der Waals surface area contributed by atoms with Gasteiger partial charge < -0.3 is 10.4 Å². The van der Waals surface area contributed by atoms with Crippen LogP contribution in [0.3, 0.4) is 0 Å². The molecule has 1 saturated heterocycles. The first kappa shape index (κ1) is 17.4. The number of carbonyl (C=O) groups excluding carboxylic acids is 1. The molecule has 2 N–H and O–H groups in total. The number of nitrogens with zero attached hydrogens (tertiary/aromatic N) is 1. The van der Waals surface area contributed by atoms with E-state index in [2.05, 4.69) is 5.32 Å². The van der Waals surface area contributed by atoms with Gasteiger partial charge in [0, 0.05) is 19.2 Å². The van der Waals surface area contributed by atoms with Crippen molar-refractivity contribution in [2.45, 2.75) is 18.6 Å². The van der Waals surface area contributed by atoms with Crippen LogP contribution < -0.4 is 5.32 Å². The molecule has 1 fully saturated rings. The number of hydrogen-bond donors (Lipinski definition) is 2. The summed E-state index contributed by atoms with van der Waals surface area (Å²) in [5.41, 5.74) is -0.682. The summed E-state index contributed by atoms with van der Waals surface area (Å²) in [7, 11) is 0. The zero-order valence-corrected chi connectivity index (χ0v) is 13.5. The third-order valence-corrected chi connectivity index (χ3v) is 4.43. The first-order valence-corrected chi connectivity index (χ1v) is 7.77. The van der Waals surface area contributed by atoms with E-state index in [-0.39, 0.29) is 18.8 Å². The van der Waals surface area contributed by atoms with Crippen LogP contribution in [-0.4, -0.2) is 35.0 Å². The maximum Gasteiger partial charge on any atom is 0.241 e. The van der Waals surface area contributed by atoms with Crippen molar-refractivity contribution in [2.24, 2.45) is 0 Å². The molecule has 7 heteroatoms. The van der Waals surface area contributed by atoms with Crippen molar-refractivity contribution in [3.8, 4) is 0 Å². The molecule has 1 aliphatic heterocycles. The van der Waals surface area contributed by atoms with Crippen LogP contribution in [0.4, 0.5) is 18.9 Å². The summed E-state index contributed by atoms with van der Waals surface area (Å²) in [5, 5.41) is 12.9. The fraction of sp³-hybridized carbons (Fsp3) is 0.278. The Labute approximate surface area is 142 Å². The summed E-state index contributed by atoms with van der Waals surface area (Å²) in [5.74, 6) is -2.44. The lowest BCUT2D eigenvalue weighted by Crippen LogP contribution is -2.63. The van der Waals surface area contributed by atoms with E-state index < -0.39 is 35.0 Å². The molecule has 1 amide bonds. The number of carbonyl (C=O) groups is 1. The molecule has 4 nitrogen and oxygen atoms in total. The number of likely N-dealkylation sites (tertiary alicyclic amines) is 1. The van der Waals surface area contributed by atoms with Crippen molar-refractivity contribution in [3.63, 3.8) is 0 Å². The Morgan fingerprint density at radius 3 is 2.32 bits per heavy atom. The van der Waals surface area contributed by atoms with Crippen molar-refractivity contribution in [1.82, 2.24) is 4.90 Å². The van der Waals surface area contributed by atoms with E-state index in [1.807, 2.05) is 0 Å². The minimum absolute atomic E-state index is 0.104. The van der Waals surface area contributed by atoms with E-state index >= 15 is 0 Å². The minimum Gasteiger partial charge on any atom is -0.382 e. The molecule has 0 unspecified atom stereocenters. The standard InChI is InChI=1S/C18H17F3N2O2/c1-11(17(24)22-16-7-6-14(20)8-15(16)21)23-9-18(25,10-23)12-2-4-13(19)5-3-12/h2-8,11,25H,9-10H2,1H3,(H,22,24)/t11-/m1/s1. The molecule has 0 saturated carbocycles. The maximum absolute atomic E-state index is 13.6. The quantitative estimate of drug-likeness (QED) is 0.891. The molecule has 1 aliphatic rings. The molecule has 0 aliphatic carbocycles. The molecular weight excluding hydrogens is 333 g/mol. The molecule has 1 heterocycles. The highest BCUT2D eigenvalue weighted by Gasteiger charge is 2.45. The molecule has 2 aromatic carbocycles. The van der Waals surface area contributed by atoms with Crippen molar-refractivity contribution in [3.05, 3.63) is 65.5 Å². The second-order valence-corrected chi connectivity index (χ2v) is 6.23. The maximum atomic E-state index is 13.6. The third-order valence-electron chi connectivity index (χ3n) is 4.43. The van der Waals surface area contributed by atoms with Crippen LogP contribution >= 0.6 is 0 Å². The fourth-order valence-corrected chi connectivity index (χ4v) is 2.84. The van der Waals surface area contributed by atoms with Crippen molar-refractivity contribution in [2.75, 3.05) is 18.4 Å². The summed E-state index contributed by atoms with van der Waals surface area (Å²) in [6.45, 7) is 2.01. The number of aliphatic hydroxyl groups is 1. The van der Waals surface area contributed by atoms with Gasteiger partial charge in [-0.25, -0.2) is 13.2 Å². The van der Waals surface area contributed by atoms with Gasteiger partial charge in [0.2, 0.25) is 5.91 Å². The third kappa shape index (κ3) is 3.52. The molecule has 132 valence electrons. The summed E-state index contributed by atoms with van der Waals surface area (Å²) < 4.78 is 39.5. The van der Waals surface area contributed by atoms with E-state index in [4.69, 9.17) is 0 Å². The zero-order valence-electron chi connectivity index (χ0n) is 13.5. The molecule has 0 aromatic heterocycles. The average Bonchev–Trinajstić information content (AvgIpc) is 2.54. The van der Waals surface area contributed by atoms with Crippen LogP contribution in [0.15, 0.2) is 42.5 Å². The summed E-state index contributed by atoms with van der Waals surface area (Å²) in [4.78, 5) is 13.9. The Morgan fingerprint density at radius 1 is 1.12 bits per heavy atom. The van der Waals surface area contributed by atoms with E-state index in [1.165, 1.54) is 24.3 Å². The molecule has 0 spiro atoms. The largest absolute Gasteiger partial charge is 0.382 e. The predicted octanol–water partition coefficient (Wildman–Crippen LogP) is 2.63. The number of benzene rings is 2. The normalized spacial score (nSPS) is 17.6. The van der Waals surface area contributed by atoms with E-state index in [1.54, 1.807) is 11.8 Å². The van der Waals surface area contributed by atoms with Gasteiger partial charge in [-0.05, 0) is 36.8 Å². The second kappa shape index (κ2) is 6.50. The molecule has 2 aromatic rings. The lowest BCUT2D eigenvalue weighted by Gasteiger charge is -2.49. The number of amides is 1. The number of nitrogens with one attached hydrogen (secondary N) is 1. The lowest BCUT2D eigenvalue weighted by atomic mass is 9.85. The topological polar surface area (TPSA) is 52.6 Å². The summed E-state index contributed by atoms with van der Waals surface area (Å²) in [6, 6.07) is 7.83. The van der Waals surface area contributed by atoms with Gasteiger partial charge in [-0.2, -0.15) is 0 Å². The highest BCUT2D eigenvalue weighted by Crippen LogP contribution is 2.33. The monoisotopic (exact) mass is 350 g/mol. The molecule has 0 bridgehead atoms. The van der Waals surface area contributed by atoms with Gasteiger partial charge >= 0.3 is 0 Å². The van der Waals surface area contributed by atoms with E-state index in [0.29, 0.717) is 11.6 Å². The Bertz CT molecular complexity index is 789. The van der Waals surface area contributed by atoms with Gasteiger partial charge in [-0.3, -0.25) is 9.69 Å². The van der Waals surface area contributed by atoms with Gasteiger partial charge in [-0.1, -0.05) is 12.1 Å². The van der Waals surface area contributed by atoms with Crippen LogP contribution in [0.2, 0.25) is 0 Å². The van der Waals surface area contributed by atoms with Gasteiger partial charge in [-0.15, -0.1) is 0 Å². The smallest absolute Gasteiger partial charge is 0.241 e. The van der Waals surface area contributed by atoms with Crippen LogP contribution in [0.25, 0.3) is 0 Å². The Kier molecular flexibility index (Phi) is 4.53. The SMILES string of the molecule is C[C@H](C(=O)Nc1ccc(F)cc1F)N1CC(O)(c2ccc(F)cc2)C1. The first-order chi connectivity index (χ1) is 11.8. The number of β-amino-alcohol motifs (C(OH)–C–C–N with tert-alkyl or cyclic N) is 1. The Morgan fingerprint density at radius 2 is 1.72 bits per heavy atom. The average molecular weight is 350 g/mol. The van der Waals surface area contributed by atoms with Gasteiger partial charge in [0.25, 0.3) is 0 Å². The van der Waals surface area contributed by atoms with E-state index in [9.17, 15) is 23.1 Å². The highest BCUT2D eigenvalue weighted by atomic mass is 19.1. The van der Waals surface area contributed by atoms with Crippen LogP contribution in [0.5, 0.6) is 0 Å². The van der Waals surface area contributed by atoms with Crippen molar-refractivity contribution in [1.29, 1.82) is 0 Å². The molecular formula is C18H17F3N2O2. The number of rotatable bonds is 4. The molecule has 3 rings (SSSR count). The molecule has 0 radical (unpaired) electrons. The minimum atomic E-state index is -1.15. The molecule has 25 heavy (non-hydrogen) atoms. The highest BCUT2D eigenvalue weighted by molar-refractivity contribution is 5.94. The van der Waals surface area contributed by atoms with Crippen molar-refractivity contribution >= 4 is 11.6 Å². The van der Waals surface area contributed by atoms with Crippen LogP contribution in [0, 0.1) is 17.5 Å². The van der Waals surface area contributed by atoms with Crippen LogP contribution in [0.1, 0.15) is 12.5 Å². The van der Waals surface area contributed by atoms with E-state index in [0.717, 1.165) is 12.1 Å². The number of hydrogen-bond acceptors (Lipinski definition) is 3. The summed E-state index contributed by atoms with van der Waals surface area (Å²) in [6.07, 6.45) is 0.